The molecule has 0 rings (SSSR count). The fourth-order valence-electron chi connectivity index (χ4n) is 7.95. The predicted octanol–water partition coefficient (Wildman–Crippen LogP) is 15.8. The molecule has 3 N–H and O–H groups in total. The molecule has 2 unspecified atom stereocenters. The van der Waals surface area contributed by atoms with E-state index in [0.29, 0.717) is 12.8 Å². The molecule has 2 atom stereocenters. The van der Waals surface area contributed by atoms with E-state index in [2.05, 4.69) is 31.3 Å². The number of aliphatic hydroxyl groups excluding tert-OH is 2. The monoisotopic (exact) mass is 762 g/mol. The molecule has 0 saturated carbocycles. The Morgan fingerprint density at radius 1 is 0.426 bits per heavy atom. The molecule has 0 aromatic heterocycles. The van der Waals surface area contributed by atoms with Gasteiger partial charge in [-0.15, -0.1) is 0 Å². The van der Waals surface area contributed by atoms with Gasteiger partial charge in [-0.05, 0) is 38.5 Å². The van der Waals surface area contributed by atoms with Gasteiger partial charge >= 0.3 is 0 Å². The number of unbranched alkanes of at least 4 members (excludes halogenated alkanes) is 37. The van der Waals surface area contributed by atoms with E-state index in [-0.39, 0.29) is 12.5 Å². The van der Waals surface area contributed by atoms with Gasteiger partial charge in [0.2, 0.25) is 5.91 Å². The molecule has 54 heavy (non-hydrogen) atoms. The highest BCUT2D eigenvalue weighted by molar-refractivity contribution is 5.76. The second-order valence-electron chi connectivity index (χ2n) is 17.2. The maximum absolute atomic E-state index is 12.4. The van der Waals surface area contributed by atoms with Gasteiger partial charge in [-0.2, -0.15) is 0 Å². The third kappa shape index (κ3) is 42.3. The molecule has 0 heterocycles. The fourth-order valence-corrected chi connectivity index (χ4v) is 7.95. The van der Waals surface area contributed by atoms with Crippen LogP contribution in [0.15, 0.2) is 12.2 Å². The second kappa shape index (κ2) is 46.5. The van der Waals surface area contributed by atoms with Crippen molar-refractivity contribution in [2.24, 2.45) is 0 Å². The van der Waals surface area contributed by atoms with Gasteiger partial charge in [0, 0.05) is 6.42 Å². The zero-order valence-corrected chi connectivity index (χ0v) is 37.0. The van der Waals surface area contributed by atoms with Crippen LogP contribution >= 0.6 is 0 Å². The van der Waals surface area contributed by atoms with Crippen molar-refractivity contribution in [3.05, 3.63) is 12.2 Å². The molecule has 0 aliphatic carbocycles. The number of hydrogen-bond donors (Lipinski definition) is 3. The van der Waals surface area contributed by atoms with Crippen LogP contribution in [0.25, 0.3) is 0 Å². The Hall–Kier alpha value is -0.870. The lowest BCUT2D eigenvalue weighted by atomic mass is 10.0. The van der Waals surface area contributed by atoms with Crippen LogP contribution in [0.4, 0.5) is 0 Å². The Morgan fingerprint density at radius 3 is 1.02 bits per heavy atom. The lowest BCUT2D eigenvalue weighted by molar-refractivity contribution is -0.123. The SMILES string of the molecule is CCCCCCCCCC/C=C\CCCCCCCCCCCCCCCCCCCCCC(=O)NC(CO)C(O)CCCCCCCCCCCCC. The molecule has 0 aromatic carbocycles. The Bertz CT molecular complexity index is 739. The van der Waals surface area contributed by atoms with Crippen molar-refractivity contribution in [2.45, 2.75) is 296 Å². The van der Waals surface area contributed by atoms with Crippen molar-refractivity contribution >= 4 is 5.91 Å². The minimum atomic E-state index is -0.653. The van der Waals surface area contributed by atoms with Crippen LogP contribution in [0.1, 0.15) is 284 Å². The molecule has 1 amide bonds. The van der Waals surface area contributed by atoms with Crippen LogP contribution in [0.3, 0.4) is 0 Å². The number of carbonyl (C=O) groups excluding carboxylic acids is 1. The van der Waals surface area contributed by atoms with Gasteiger partial charge in [0.1, 0.15) is 0 Å². The fraction of sp³-hybridized carbons (Fsp3) is 0.940. The number of amides is 1. The van der Waals surface area contributed by atoms with Gasteiger partial charge in [-0.25, -0.2) is 0 Å². The number of allylic oxidation sites excluding steroid dienone is 2. The van der Waals surface area contributed by atoms with Crippen molar-refractivity contribution in [3.63, 3.8) is 0 Å². The van der Waals surface area contributed by atoms with E-state index in [9.17, 15) is 15.0 Å². The third-order valence-electron chi connectivity index (χ3n) is 11.8. The first-order valence-corrected chi connectivity index (χ1v) is 24.9. The molecule has 0 fully saturated rings. The van der Waals surface area contributed by atoms with Crippen molar-refractivity contribution < 1.29 is 15.0 Å². The van der Waals surface area contributed by atoms with E-state index >= 15 is 0 Å². The number of hydrogen-bond acceptors (Lipinski definition) is 3. The molecule has 0 aliphatic rings. The largest absolute Gasteiger partial charge is 0.394 e. The molecule has 0 spiro atoms. The molecule has 0 aliphatic heterocycles. The molecule has 4 nitrogen and oxygen atoms in total. The molecule has 0 bridgehead atoms. The van der Waals surface area contributed by atoms with Crippen LogP contribution in [0.2, 0.25) is 0 Å². The highest BCUT2D eigenvalue weighted by Gasteiger charge is 2.20. The minimum Gasteiger partial charge on any atom is -0.394 e. The van der Waals surface area contributed by atoms with Crippen molar-refractivity contribution in [1.82, 2.24) is 5.32 Å². The van der Waals surface area contributed by atoms with E-state index < -0.39 is 12.1 Å². The number of carbonyl (C=O) groups is 1. The summed E-state index contributed by atoms with van der Waals surface area (Å²) in [6.07, 6.45) is 59.0. The lowest BCUT2D eigenvalue weighted by Crippen LogP contribution is -2.45. The Kier molecular flexibility index (Phi) is 45.8. The summed E-state index contributed by atoms with van der Waals surface area (Å²) in [5.41, 5.74) is 0. The maximum atomic E-state index is 12.4. The quantitative estimate of drug-likeness (QED) is 0.0427. The van der Waals surface area contributed by atoms with Gasteiger partial charge in [0.25, 0.3) is 0 Å². The zero-order valence-electron chi connectivity index (χ0n) is 37.0. The molecule has 322 valence electrons. The lowest BCUT2D eigenvalue weighted by Gasteiger charge is -2.22. The van der Waals surface area contributed by atoms with Crippen molar-refractivity contribution in [2.75, 3.05) is 6.61 Å². The van der Waals surface area contributed by atoms with E-state index in [1.165, 1.54) is 231 Å². The van der Waals surface area contributed by atoms with Gasteiger partial charge < -0.3 is 15.5 Å². The highest BCUT2D eigenvalue weighted by atomic mass is 16.3. The van der Waals surface area contributed by atoms with Gasteiger partial charge in [0.15, 0.2) is 0 Å². The summed E-state index contributed by atoms with van der Waals surface area (Å²) in [5, 5.41) is 23.1. The number of rotatable bonds is 46. The summed E-state index contributed by atoms with van der Waals surface area (Å²) >= 11 is 0. The summed E-state index contributed by atoms with van der Waals surface area (Å²) in [5.74, 6) is -0.0273. The summed E-state index contributed by atoms with van der Waals surface area (Å²) in [6, 6.07) is -0.530. The predicted molar refractivity (Wildman–Crippen MR) is 239 cm³/mol. The Balaban J connectivity index is 3.37. The normalized spacial score (nSPS) is 12.9. The third-order valence-corrected chi connectivity index (χ3v) is 11.8. The van der Waals surface area contributed by atoms with E-state index in [4.69, 9.17) is 0 Å². The molecule has 0 aromatic rings. The van der Waals surface area contributed by atoms with Crippen molar-refractivity contribution in [1.29, 1.82) is 0 Å². The summed E-state index contributed by atoms with van der Waals surface area (Å²) in [4.78, 5) is 12.4. The smallest absolute Gasteiger partial charge is 0.220 e. The molecule has 0 saturated heterocycles. The zero-order chi connectivity index (χ0) is 39.3. The van der Waals surface area contributed by atoms with Crippen LogP contribution in [-0.2, 0) is 4.79 Å². The van der Waals surface area contributed by atoms with Gasteiger partial charge in [-0.3, -0.25) is 4.79 Å². The second-order valence-corrected chi connectivity index (χ2v) is 17.2. The van der Waals surface area contributed by atoms with Crippen LogP contribution in [0.5, 0.6) is 0 Å². The Labute approximate surface area is 339 Å². The standard InChI is InChI=1S/C50H99NO3/c1-3-5-7-9-11-13-15-16-17-18-19-20-21-22-23-24-25-26-27-28-29-30-31-32-33-34-36-38-40-42-44-46-50(54)51-48(47-52)49(53)45-43-41-39-37-35-14-12-10-8-6-4-2/h18-19,48-49,52-53H,3-17,20-47H2,1-2H3,(H,51,54)/b19-18-. The summed E-state index contributed by atoms with van der Waals surface area (Å²) in [7, 11) is 0. The Morgan fingerprint density at radius 2 is 0.704 bits per heavy atom. The van der Waals surface area contributed by atoms with Crippen molar-refractivity contribution in [3.8, 4) is 0 Å². The first kappa shape index (κ1) is 53.1. The summed E-state index contributed by atoms with van der Waals surface area (Å²) in [6.45, 7) is 4.37. The molecular weight excluding hydrogens is 663 g/mol. The number of aliphatic hydroxyl groups is 2. The average molecular weight is 762 g/mol. The van der Waals surface area contributed by atoms with Crippen LogP contribution in [-0.4, -0.2) is 34.9 Å². The first-order chi connectivity index (χ1) is 26.7. The van der Waals surface area contributed by atoms with Crippen LogP contribution < -0.4 is 5.32 Å². The molecule has 4 heteroatoms. The topological polar surface area (TPSA) is 69.6 Å². The number of nitrogens with one attached hydrogen (secondary N) is 1. The maximum Gasteiger partial charge on any atom is 0.220 e. The highest BCUT2D eigenvalue weighted by Crippen LogP contribution is 2.17. The first-order valence-electron chi connectivity index (χ1n) is 24.9. The molecule has 0 radical (unpaired) electrons. The van der Waals surface area contributed by atoms with Crippen LogP contribution in [0, 0.1) is 0 Å². The minimum absolute atomic E-state index is 0.0273. The van der Waals surface area contributed by atoms with Gasteiger partial charge in [-0.1, -0.05) is 251 Å². The molecular formula is C50H99NO3. The van der Waals surface area contributed by atoms with E-state index in [1.807, 2.05) is 0 Å². The summed E-state index contributed by atoms with van der Waals surface area (Å²) < 4.78 is 0. The van der Waals surface area contributed by atoms with E-state index in [0.717, 1.165) is 25.7 Å². The van der Waals surface area contributed by atoms with E-state index in [1.54, 1.807) is 0 Å². The average Bonchev–Trinajstić information content (AvgIpc) is 3.18. The van der Waals surface area contributed by atoms with Gasteiger partial charge in [0.05, 0.1) is 18.8 Å².